The Morgan fingerprint density at radius 1 is 1.43 bits per heavy atom. The van der Waals surface area contributed by atoms with Crippen LogP contribution in [0.3, 0.4) is 0 Å². The van der Waals surface area contributed by atoms with Gasteiger partial charge in [0.15, 0.2) is 0 Å². The van der Waals surface area contributed by atoms with Crippen LogP contribution >= 0.6 is 0 Å². The second-order valence-electron chi connectivity index (χ2n) is 5.21. The molecule has 3 heterocycles. The molecular weight excluding hydrogens is 298 g/mol. The summed E-state index contributed by atoms with van der Waals surface area (Å²) in [6, 6.07) is 3.88. The normalized spacial score (nSPS) is 15.5. The Kier molecular flexibility index (Phi) is 6.49. The van der Waals surface area contributed by atoms with Crippen LogP contribution in [0, 0.1) is 0 Å². The van der Waals surface area contributed by atoms with Crippen molar-refractivity contribution in [2.24, 2.45) is 0 Å². The predicted octanol–water partition coefficient (Wildman–Crippen LogP) is 1.29. The molecule has 0 aliphatic carbocycles. The number of carbonyl (C=O) groups is 1. The van der Waals surface area contributed by atoms with Crippen molar-refractivity contribution in [3.05, 3.63) is 36.2 Å². The Bertz CT molecular complexity index is 583. The first-order chi connectivity index (χ1) is 11.3. The maximum atomic E-state index is 8.36. The van der Waals surface area contributed by atoms with Gasteiger partial charge in [0.1, 0.15) is 17.9 Å². The Hall–Kier alpha value is -2.48. The molecule has 1 fully saturated rings. The monoisotopic (exact) mass is 319 g/mol. The minimum atomic E-state index is -0.250. The molecule has 2 aromatic rings. The van der Waals surface area contributed by atoms with Gasteiger partial charge in [0.05, 0.1) is 12.8 Å². The average Bonchev–Trinajstić information content (AvgIpc) is 3.11. The van der Waals surface area contributed by atoms with Crippen molar-refractivity contribution in [2.75, 3.05) is 20.2 Å². The Morgan fingerprint density at radius 3 is 2.78 bits per heavy atom. The molecule has 0 aromatic carbocycles. The number of nitrogens with zero attached hydrogens (tertiary/aromatic N) is 4. The number of piperidine rings is 1. The van der Waals surface area contributed by atoms with Gasteiger partial charge in [-0.3, -0.25) is 19.8 Å². The molecule has 2 aromatic heterocycles. The number of ether oxygens (including phenoxy) is 1. The minimum absolute atomic E-state index is 0.250. The third-order valence-corrected chi connectivity index (χ3v) is 3.82. The van der Waals surface area contributed by atoms with Crippen LogP contribution in [-0.2, 0) is 11.3 Å². The van der Waals surface area contributed by atoms with Gasteiger partial charge in [0.25, 0.3) is 6.47 Å². The quantitative estimate of drug-likeness (QED) is 0.818. The maximum absolute atomic E-state index is 8.36. The van der Waals surface area contributed by atoms with E-state index in [0.29, 0.717) is 5.92 Å². The fourth-order valence-electron chi connectivity index (χ4n) is 2.67. The van der Waals surface area contributed by atoms with E-state index in [4.69, 9.17) is 14.6 Å². The number of pyridine rings is 1. The second-order valence-corrected chi connectivity index (χ2v) is 5.21. The van der Waals surface area contributed by atoms with E-state index in [1.54, 1.807) is 19.6 Å². The van der Waals surface area contributed by atoms with Crippen LogP contribution in [0.5, 0.6) is 5.75 Å². The zero-order valence-electron chi connectivity index (χ0n) is 13.1. The van der Waals surface area contributed by atoms with E-state index in [1.165, 1.54) is 0 Å². The molecule has 1 aliphatic heterocycles. The highest BCUT2D eigenvalue weighted by Gasteiger charge is 2.22. The molecule has 2 N–H and O–H groups in total. The van der Waals surface area contributed by atoms with Crippen LogP contribution in [-0.4, -0.2) is 56.8 Å². The number of aromatic amines is 1. The standard InChI is InChI=1S/C14H19N5O.CH2O2/c1-20-13-2-5-15-12(8-13)9-19-6-3-11(4-7-19)14-16-10-17-18-14;2-1-3/h2,5,8,10-11H,3-4,6-7,9H2,1H3,(H,16,17,18);1H,(H,2,3). The SMILES string of the molecule is COc1ccnc(CN2CCC(c3ncn[nH]3)CC2)c1.O=CO. The first kappa shape index (κ1) is 16.9. The summed E-state index contributed by atoms with van der Waals surface area (Å²) in [5, 5.41) is 13.8. The van der Waals surface area contributed by atoms with Crippen LogP contribution in [0.15, 0.2) is 24.7 Å². The van der Waals surface area contributed by atoms with Gasteiger partial charge in [0.2, 0.25) is 0 Å². The fraction of sp³-hybridized carbons (Fsp3) is 0.467. The van der Waals surface area contributed by atoms with Crippen LogP contribution in [0.25, 0.3) is 0 Å². The van der Waals surface area contributed by atoms with E-state index >= 15 is 0 Å². The summed E-state index contributed by atoms with van der Waals surface area (Å²) in [4.78, 5) is 19.4. The Morgan fingerprint density at radius 2 is 2.17 bits per heavy atom. The first-order valence-corrected chi connectivity index (χ1v) is 7.41. The van der Waals surface area contributed by atoms with E-state index in [9.17, 15) is 0 Å². The van der Waals surface area contributed by atoms with E-state index in [2.05, 4.69) is 25.1 Å². The van der Waals surface area contributed by atoms with Crippen molar-refractivity contribution in [2.45, 2.75) is 25.3 Å². The number of hydrogen-bond donors (Lipinski definition) is 2. The maximum Gasteiger partial charge on any atom is 0.290 e. The van der Waals surface area contributed by atoms with Crippen molar-refractivity contribution in [1.82, 2.24) is 25.1 Å². The number of carboxylic acid groups (broad SMARTS) is 1. The van der Waals surface area contributed by atoms with Crippen LogP contribution in [0.4, 0.5) is 0 Å². The fourth-order valence-corrected chi connectivity index (χ4v) is 2.67. The minimum Gasteiger partial charge on any atom is -0.497 e. The average molecular weight is 319 g/mol. The molecule has 8 nitrogen and oxygen atoms in total. The lowest BCUT2D eigenvalue weighted by Gasteiger charge is -2.30. The van der Waals surface area contributed by atoms with Gasteiger partial charge in [-0.25, -0.2) is 4.98 Å². The Balaban J connectivity index is 0.000000595. The van der Waals surface area contributed by atoms with Crippen LogP contribution < -0.4 is 4.74 Å². The molecule has 0 unspecified atom stereocenters. The largest absolute Gasteiger partial charge is 0.497 e. The number of aromatic nitrogens is 4. The van der Waals surface area contributed by atoms with Crippen molar-refractivity contribution in [1.29, 1.82) is 0 Å². The molecule has 0 atom stereocenters. The van der Waals surface area contributed by atoms with Crippen molar-refractivity contribution in [3.8, 4) is 5.75 Å². The van der Waals surface area contributed by atoms with Gasteiger partial charge in [-0.05, 0) is 32.0 Å². The summed E-state index contributed by atoms with van der Waals surface area (Å²) in [7, 11) is 1.68. The summed E-state index contributed by atoms with van der Waals surface area (Å²) in [6.07, 6.45) is 5.61. The molecule has 1 aliphatic rings. The third-order valence-electron chi connectivity index (χ3n) is 3.82. The van der Waals surface area contributed by atoms with Gasteiger partial charge in [0, 0.05) is 24.7 Å². The summed E-state index contributed by atoms with van der Waals surface area (Å²) < 4.78 is 5.23. The molecular formula is C15H21N5O3. The third kappa shape index (κ3) is 5.03. The number of nitrogens with one attached hydrogen (secondary N) is 1. The highest BCUT2D eigenvalue weighted by atomic mass is 16.5. The lowest BCUT2D eigenvalue weighted by molar-refractivity contribution is -0.122. The summed E-state index contributed by atoms with van der Waals surface area (Å²) in [5.41, 5.74) is 1.06. The highest BCUT2D eigenvalue weighted by molar-refractivity contribution is 5.32. The molecule has 3 rings (SSSR count). The molecule has 0 saturated carbocycles. The molecule has 8 heteroatoms. The van der Waals surface area contributed by atoms with Gasteiger partial charge >= 0.3 is 0 Å². The van der Waals surface area contributed by atoms with Crippen molar-refractivity contribution < 1.29 is 14.6 Å². The number of hydrogen-bond acceptors (Lipinski definition) is 6. The molecule has 0 amide bonds. The summed E-state index contributed by atoms with van der Waals surface area (Å²) in [6.45, 7) is 2.74. The number of rotatable bonds is 4. The van der Waals surface area contributed by atoms with Gasteiger partial charge in [-0.2, -0.15) is 5.10 Å². The molecule has 23 heavy (non-hydrogen) atoms. The van der Waals surface area contributed by atoms with Crippen LogP contribution in [0.1, 0.15) is 30.3 Å². The van der Waals surface area contributed by atoms with Gasteiger partial charge in [-0.15, -0.1) is 0 Å². The summed E-state index contributed by atoms with van der Waals surface area (Å²) in [5.74, 6) is 2.39. The van der Waals surface area contributed by atoms with E-state index < -0.39 is 0 Å². The van der Waals surface area contributed by atoms with E-state index in [0.717, 1.165) is 49.7 Å². The molecule has 0 radical (unpaired) electrons. The highest BCUT2D eigenvalue weighted by Crippen LogP contribution is 2.25. The molecule has 124 valence electrons. The molecule has 0 bridgehead atoms. The molecule has 0 spiro atoms. The van der Waals surface area contributed by atoms with Crippen LogP contribution in [0.2, 0.25) is 0 Å². The topological polar surface area (TPSA) is 104 Å². The molecule has 1 saturated heterocycles. The zero-order valence-corrected chi connectivity index (χ0v) is 13.1. The van der Waals surface area contributed by atoms with Crippen molar-refractivity contribution >= 4 is 6.47 Å². The second kappa shape index (κ2) is 8.84. The first-order valence-electron chi connectivity index (χ1n) is 7.41. The predicted molar refractivity (Wildman–Crippen MR) is 83.1 cm³/mol. The van der Waals surface area contributed by atoms with E-state index in [-0.39, 0.29) is 6.47 Å². The smallest absolute Gasteiger partial charge is 0.290 e. The zero-order chi connectivity index (χ0) is 16.5. The lowest BCUT2D eigenvalue weighted by atomic mass is 9.96. The van der Waals surface area contributed by atoms with E-state index in [1.807, 2.05) is 12.1 Å². The number of likely N-dealkylation sites (tertiary alicyclic amines) is 1. The number of H-pyrrole nitrogens is 1. The van der Waals surface area contributed by atoms with Gasteiger partial charge in [-0.1, -0.05) is 0 Å². The van der Waals surface area contributed by atoms with Crippen molar-refractivity contribution in [3.63, 3.8) is 0 Å². The van der Waals surface area contributed by atoms with Gasteiger partial charge < -0.3 is 9.84 Å². The number of methoxy groups -OCH3 is 1. The lowest BCUT2D eigenvalue weighted by Crippen LogP contribution is -2.33. The Labute approximate surface area is 134 Å². The summed E-state index contributed by atoms with van der Waals surface area (Å²) >= 11 is 0.